The molecule has 1 heteroatoms. The first-order valence-corrected chi connectivity index (χ1v) is 8.38. The molecule has 0 aliphatic heterocycles. The zero-order valence-corrected chi connectivity index (χ0v) is 11.4. The van der Waals surface area contributed by atoms with Gasteiger partial charge in [-0.15, -0.1) is 0 Å². The van der Waals surface area contributed by atoms with Gasteiger partial charge in [-0.25, -0.2) is 10.0 Å². The van der Waals surface area contributed by atoms with Gasteiger partial charge < -0.3 is 0 Å². The third-order valence-corrected chi connectivity index (χ3v) is 6.13. The SMILES string of the molecule is CCC(C)C(C)CC(C)S(C)(C)C. The molecule has 0 N–H and O–H groups in total. The Labute approximate surface area is 86.8 Å². The van der Waals surface area contributed by atoms with Crippen LogP contribution in [0.25, 0.3) is 0 Å². The van der Waals surface area contributed by atoms with E-state index in [9.17, 15) is 0 Å². The lowest BCUT2D eigenvalue weighted by Gasteiger charge is -2.36. The van der Waals surface area contributed by atoms with Gasteiger partial charge in [0.25, 0.3) is 0 Å². The first-order chi connectivity index (χ1) is 5.79. The molecule has 0 spiro atoms. The Hall–Kier alpha value is 0.350. The third-order valence-electron chi connectivity index (χ3n) is 3.53. The van der Waals surface area contributed by atoms with Crippen LogP contribution in [-0.2, 0) is 0 Å². The van der Waals surface area contributed by atoms with Crippen LogP contribution in [0.4, 0.5) is 0 Å². The Morgan fingerprint density at radius 1 is 0.923 bits per heavy atom. The van der Waals surface area contributed by atoms with Crippen molar-refractivity contribution in [2.24, 2.45) is 11.8 Å². The van der Waals surface area contributed by atoms with Crippen LogP contribution in [0.2, 0.25) is 0 Å². The maximum atomic E-state index is 2.43. The molecule has 0 aliphatic carbocycles. The average molecular weight is 204 g/mol. The summed E-state index contributed by atoms with van der Waals surface area (Å²) in [6, 6.07) is 0. The van der Waals surface area contributed by atoms with Crippen LogP contribution in [-0.4, -0.2) is 24.0 Å². The second-order valence-corrected chi connectivity index (χ2v) is 10.0. The summed E-state index contributed by atoms with van der Waals surface area (Å²) in [7, 11) is -0.340. The molecule has 82 valence electrons. The second-order valence-electron chi connectivity index (χ2n) is 5.34. The smallest absolute Gasteiger partial charge is 0.0145 e. The Morgan fingerprint density at radius 2 is 1.38 bits per heavy atom. The number of hydrogen-bond donors (Lipinski definition) is 0. The van der Waals surface area contributed by atoms with Gasteiger partial charge in [-0.3, -0.25) is 0 Å². The average Bonchev–Trinajstić information content (AvgIpc) is 2.01. The van der Waals surface area contributed by atoms with Crippen molar-refractivity contribution in [2.75, 3.05) is 18.8 Å². The van der Waals surface area contributed by atoms with Gasteiger partial charge in [0.2, 0.25) is 0 Å². The monoisotopic (exact) mass is 204 g/mol. The Morgan fingerprint density at radius 3 is 1.69 bits per heavy atom. The quantitative estimate of drug-likeness (QED) is 0.631. The fourth-order valence-corrected chi connectivity index (χ4v) is 2.33. The van der Waals surface area contributed by atoms with Gasteiger partial charge in [-0.05, 0) is 42.3 Å². The van der Waals surface area contributed by atoms with Crippen LogP contribution in [0.15, 0.2) is 0 Å². The summed E-state index contributed by atoms with van der Waals surface area (Å²) in [6.07, 6.45) is 10.0. The van der Waals surface area contributed by atoms with Gasteiger partial charge in [0.1, 0.15) is 0 Å². The van der Waals surface area contributed by atoms with Crippen molar-refractivity contribution in [1.82, 2.24) is 0 Å². The molecule has 0 saturated carbocycles. The topological polar surface area (TPSA) is 0 Å². The lowest BCUT2D eigenvalue weighted by atomic mass is 9.90. The molecule has 0 amide bonds. The van der Waals surface area contributed by atoms with E-state index >= 15 is 0 Å². The lowest BCUT2D eigenvalue weighted by molar-refractivity contribution is 0.355. The van der Waals surface area contributed by atoms with Crippen molar-refractivity contribution in [3.63, 3.8) is 0 Å². The minimum atomic E-state index is -0.340. The molecule has 13 heavy (non-hydrogen) atoms. The lowest BCUT2D eigenvalue weighted by Crippen LogP contribution is -2.18. The summed E-state index contributed by atoms with van der Waals surface area (Å²) in [4.78, 5) is 0. The maximum absolute atomic E-state index is 2.43. The molecule has 0 aromatic rings. The highest BCUT2D eigenvalue weighted by atomic mass is 32.3. The highest BCUT2D eigenvalue weighted by Crippen LogP contribution is 2.44. The van der Waals surface area contributed by atoms with E-state index in [1.54, 1.807) is 0 Å². The van der Waals surface area contributed by atoms with Gasteiger partial charge in [0, 0.05) is 0 Å². The van der Waals surface area contributed by atoms with E-state index in [2.05, 4.69) is 46.5 Å². The van der Waals surface area contributed by atoms with Crippen LogP contribution < -0.4 is 0 Å². The summed E-state index contributed by atoms with van der Waals surface area (Å²) in [5.41, 5.74) is 0. The highest BCUT2D eigenvalue weighted by molar-refractivity contribution is 8.32. The number of rotatable bonds is 5. The highest BCUT2D eigenvalue weighted by Gasteiger charge is 2.20. The van der Waals surface area contributed by atoms with Gasteiger partial charge >= 0.3 is 0 Å². The standard InChI is InChI=1S/C12H28S/c1-8-10(2)11(3)9-12(4)13(5,6)7/h10-12H,8-9H2,1-7H3. The van der Waals surface area contributed by atoms with Crippen molar-refractivity contribution in [2.45, 2.75) is 45.8 Å². The third kappa shape index (κ3) is 4.95. The van der Waals surface area contributed by atoms with Crippen LogP contribution >= 0.6 is 10.0 Å². The molecule has 0 aromatic carbocycles. The summed E-state index contributed by atoms with van der Waals surface area (Å²) < 4.78 is 0. The molecule has 0 heterocycles. The predicted molar refractivity (Wildman–Crippen MR) is 68.1 cm³/mol. The molecular weight excluding hydrogens is 176 g/mol. The maximum Gasteiger partial charge on any atom is -0.0145 e. The Balaban J connectivity index is 3.98. The van der Waals surface area contributed by atoms with Crippen LogP contribution in [0.5, 0.6) is 0 Å². The molecule has 0 bridgehead atoms. The second kappa shape index (κ2) is 5.29. The van der Waals surface area contributed by atoms with Crippen molar-refractivity contribution in [3.05, 3.63) is 0 Å². The van der Waals surface area contributed by atoms with Crippen LogP contribution in [0.1, 0.15) is 40.5 Å². The van der Waals surface area contributed by atoms with Gasteiger partial charge in [-0.2, -0.15) is 0 Å². The minimum absolute atomic E-state index is 0.340. The molecule has 0 aromatic heterocycles. The molecule has 0 fully saturated rings. The number of hydrogen-bond acceptors (Lipinski definition) is 0. The molecule has 0 radical (unpaired) electrons. The van der Waals surface area contributed by atoms with E-state index in [1.165, 1.54) is 12.8 Å². The van der Waals surface area contributed by atoms with Gasteiger partial charge in [-0.1, -0.05) is 34.1 Å². The van der Waals surface area contributed by atoms with E-state index in [0.29, 0.717) is 0 Å². The summed E-state index contributed by atoms with van der Waals surface area (Å²) in [6.45, 7) is 9.52. The van der Waals surface area contributed by atoms with E-state index in [0.717, 1.165) is 17.1 Å². The van der Waals surface area contributed by atoms with Crippen molar-refractivity contribution in [1.29, 1.82) is 0 Å². The van der Waals surface area contributed by atoms with Crippen molar-refractivity contribution < 1.29 is 0 Å². The largest absolute Gasteiger partial charge is 0.247 e. The van der Waals surface area contributed by atoms with Crippen molar-refractivity contribution in [3.8, 4) is 0 Å². The fraction of sp³-hybridized carbons (Fsp3) is 1.00. The Bertz CT molecular complexity index is 135. The van der Waals surface area contributed by atoms with Gasteiger partial charge in [0.15, 0.2) is 0 Å². The van der Waals surface area contributed by atoms with E-state index < -0.39 is 0 Å². The molecular formula is C12H28S. The first-order valence-electron chi connectivity index (χ1n) is 5.46. The predicted octanol–water partition coefficient (Wildman–Crippen LogP) is 4.14. The van der Waals surface area contributed by atoms with E-state index in [-0.39, 0.29) is 10.0 Å². The van der Waals surface area contributed by atoms with Crippen LogP contribution in [0, 0.1) is 11.8 Å². The first kappa shape index (κ1) is 13.4. The molecule has 0 aliphatic rings. The van der Waals surface area contributed by atoms with E-state index in [1.807, 2.05) is 0 Å². The zero-order chi connectivity index (χ0) is 10.6. The molecule has 0 nitrogen and oxygen atoms in total. The minimum Gasteiger partial charge on any atom is -0.247 e. The summed E-state index contributed by atoms with van der Waals surface area (Å²) in [5, 5.41) is 0.913. The molecule has 0 rings (SSSR count). The van der Waals surface area contributed by atoms with Gasteiger partial charge in [0.05, 0.1) is 0 Å². The summed E-state index contributed by atoms with van der Waals surface area (Å²) in [5.74, 6) is 1.79. The molecule has 0 saturated heterocycles. The summed E-state index contributed by atoms with van der Waals surface area (Å²) >= 11 is 0. The molecule has 3 unspecified atom stereocenters. The van der Waals surface area contributed by atoms with E-state index in [4.69, 9.17) is 0 Å². The van der Waals surface area contributed by atoms with Crippen LogP contribution in [0.3, 0.4) is 0 Å². The Kier molecular flexibility index (Phi) is 5.43. The zero-order valence-electron chi connectivity index (χ0n) is 10.6. The van der Waals surface area contributed by atoms with Crippen molar-refractivity contribution >= 4 is 10.0 Å². The normalized spacial score (nSPS) is 20.8. The fourth-order valence-electron chi connectivity index (χ4n) is 1.45. The molecule has 3 atom stereocenters.